The molecule has 0 amide bonds. The van der Waals surface area contributed by atoms with Gasteiger partial charge < -0.3 is 5.73 Å². The van der Waals surface area contributed by atoms with Crippen molar-refractivity contribution in [1.82, 2.24) is 9.97 Å². The lowest BCUT2D eigenvalue weighted by Gasteiger charge is -2.04. The molecule has 0 aliphatic carbocycles. The first-order valence-electron chi connectivity index (χ1n) is 5.31. The van der Waals surface area contributed by atoms with E-state index in [9.17, 15) is 0 Å². The number of pyridine rings is 1. The average molecular weight is 233 g/mol. The predicted octanol–water partition coefficient (Wildman–Crippen LogP) is 2.99. The molecule has 0 fully saturated rings. The van der Waals surface area contributed by atoms with Crippen LogP contribution in [0.1, 0.15) is 19.5 Å². The van der Waals surface area contributed by atoms with Gasteiger partial charge in [0.1, 0.15) is 10.8 Å². The molecule has 2 heterocycles. The van der Waals surface area contributed by atoms with Crippen molar-refractivity contribution in [3.05, 3.63) is 29.4 Å². The summed E-state index contributed by atoms with van der Waals surface area (Å²) in [4.78, 5) is 8.66. The number of nitrogen functional groups attached to an aromatic ring is 1. The van der Waals surface area contributed by atoms with E-state index in [4.69, 9.17) is 5.73 Å². The Morgan fingerprint density at radius 1 is 1.38 bits per heavy atom. The van der Waals surface area contributed by atoms with Crippen molar-refractivity contribution < 1.29 is 0 Å². The van der Waals surface area contributed by atoms with Gasteiger partial charge in [0.2, 0.25) is 0 Å². The van der Waals surface area contributed by atoms with Crippen LogP contribution in [-0.4, -0.2) is 9.97 Å². The van der Waals surface area contributed by atoms with Crippen molar-refractivity contribution in [2.75, 3.05) is 5.73 Å². The molecular formula is C12H15N3S. The first kappa shape index (κ1) is 11.1. The van der Waals surface area contributed by atoms with Crippen molar-refractivity contribution in [3.63, 3.8) is 0 Å². The molecule has 0 aliphatic rings. The normalized spacial score (nSPS) is 10.9. The van der Waals surface area contributed by atoms with Gasteiger partial charge >= 0.3 is 0 Å². The summed E-state index contributed by atoms with van der Waals surface area (Å²) in [5.74, 6) is 1.21. The van der Waals surface area contributed by atoms with E-state index >= 15 is 0 Å². The minimum absolute atomic E-state index is 0.575. The van der Waals surface area contributed by atoms with Crippen LogP contribution < -0.4 is 5.73 Å². The summed E-state index contributed by atoms with van der Waals surface area (Å²) < 4.78 is 0. The largest absolute Gasteiger partial charge is 0.383 e. The Labute approximate surface area is 99.4 Å². The summed E-state index contributed by atoms with van der Waals surface area (Å²) in [6.07, 6.45) is 2.89. The lowest BCUT2D eigenvalue weighted by Crippen LogP contribution is -1.96. The smallest absolute Gasteiger partial charge is 0.135 e. The van der Waals surface area contributed by atoms with E-state index in [1.165, 1.54) is 0 Å². The van der Waals surface area contributed by atoms with Crippen LogP contribution in [0.2, 0.25) is 0 Å². The van der Waals surface area contributed by atoms with E-state index in [1.807, 2.05) is 11.6 Å². The highest BCUT2D eigenvalue weighted by Crippen LogP contribution is 2.24. The fraction of sp³-hybridized carbons (Fsp3) is 0.333. The summed E-state index contributed by atoms with van der Waals surface area (Å²) in [5.41, 5.74) is 7.75. The standard InChI is InChI=1S/C12H15N3S/c1-8(2)5-10-4-3-9(6-14-10)12-15-11(13)7-16-12/h3-4,6-8H,5,13H2,1-2H3. The number of rotatable bonds is 3. The van der Waals surface area contributed by atoms with Crippen LogP contribution in [0.3, 0.4) is 0 Å². The molecule has 2 N–H and O–H groups in total. The Balaban J connectivity index is 2.19. The van der Waals surface area contributed by atoms with Crippen molar-refractivity contribution in [2.24, 2.45) is 5.92 Å². The Hall–Kier alpha value is -1.42. The van der Waals surface area contributed by atoms with Crippen molar-refractivity contribution >= 4 is 17.2 Å². The van der Waals surface area contributed by atoms with E-state index in [-0.39, 0.29) is 0 Å². The molecule has 3 nitrogen and oxygen atoms in total. The number of nitrogens with two attached hydrogens (primary N) is 1. The minimum atomic E-state index is 0.575. The zero-order chi connectivity index (χ0) is 11.5. The molecule has 0 saturated carbocycles. The second-order valence-electron chi connectivity index (χ2n) is 4.21. The number of hydrogen-bond donors (Lipinski definition) is 1. The van der Waals surface area contributed by atoms with E-state index in [2.05, 4.69) is 35.9 Å². The fourth-order valence-corrected chi connectivity index (χ4v) is 2.21. The van der Waals surface area contributed by atoms with Gasteiger partial charge in [-0.1, -0.05) is 13.8 Å². The maximum atomic E-state index is 5.59. The SMILES string of the molecule is CC(C)Cc1ccc(-c2nc(N)cs2)cn1. The Kier molecular flexibility index (Phi) is 3.19. The second kappa shape index (κ2) is 4.61. The van der Waals surface area contributed by atoms with Crippen LogP contribution in [0, 0.1) is 5.92 Å². The number of anilines is 1. The van der Waals surface area contributed by atoms with Gasteiger partial charge in [0.25, 0.3) is 0 Å². The molecule has 0 saturated heterocycles. The lowest BCUT2D eigenvalue weighted by atomic mass is 10.1. The van der Waals surface area contributed by atoms with Gasteiger partial charge in [-0.15, -0.1) is 11.3 Å². The van der Waals surface area contributed by atoms with Gasteiger partial charge in [0.15, 0.2) is 0 Å². The summed E-state index contributed by atoms with van der Waals surface area (Å²) in [6, 6.07) is 4.12. The third kappa shape index (κ3) is 2.58. The molecular weight excluding hydrogens is 218 g/mol. The van der Waals surface area contributed by atoms with Crippen molar-refractivity contribution in [1.29, 1.82) is 0 Å². The molecule has 4 heteroatoms. The molecule has 2 rings (SSSR count). The van der Waals surface area contributed by atoms with E-state index in [0.717, 1.165) is 22.7 Å². The molecule has 0 aromatic carbocycles. The van der Waals surface area contributed by atoms with E-state index in [0.29, 0.717) is 11.7 Å². The summed E-state index contributed by atoms with van der Waals surface area (Å²) in [7, 11) is 0. The first-order valence-corrected chi connectivity index (χ1v) is 6.19. The molecule has 16 heavy (non-hydrogen) atoms. The predicted molar refractivity (Wildman–Crippen MR) is 68.3 cm³/mol. The number of thiazole rings is 1. The van der Waals surface area contributed by atoms with Crippen LogP contribution in [0.15, 0.2) is 23.7 Å². The van der Waals surface area contributed by atoms with Gasteiger partial charge in [-0.05, 0) is 24.5 Å². The molecule has 0 bridgehead atoms. The Morgan fingerprint density at radius 3 is 2.69 bits per heavy atom. The third-order valence-corrected chi connectivity index (χ3v) is 3.12. The zero-order valence-electron chi connectivity index (χ0n) is 9.47. The highest BCUT2D eigenvalue weighted by molar-refractivity contribution is 7.13. The first-order chi connectivity index (χ1) is 7.65. The van der Waals surface area contributed by atoms with Crippen LogP contribution in [-0.2, 0) is 6.42 Å². The van der Waals surface area contributed by atoms with E-state index < -0.39 is 0 Å². The highest BCUT2D eigenvalue weighted by Gasteiger charge is 2.04. The van der Waals surface area contributed by atoms with Crippen molar-refractivity contribution in [2.45, 2.75) is 20.3 Å². The lowest BCUT2D eigenvalue weighted by molar-refractivity contribution is 0.635. The van der Waals surface area contributed by atoms with Crippen LogP contribution in [0.5, 0.6) is 0 Å². The number of aromatic nitrogens is 2. The third-order valence-electron chi connectivity index (χ3n) is 2.21. The van der Waals surface area contributed by atoms with Gasteiger partial charge in [-0.2, -0.15) is 0 Å². The monoisotopic (exact) mass is 233 g/mol. The molecule has 0 atom stereocenters. The van der Waals surface area contributed by atoms with Gasteiger partial charge in [-0.3, -0.25) is 4.98 Å². The van der Waals surface area contributed by atoms with Crippen LogP contribution in [0.4, 0.5) is 5.82 Å². The highest BCUT2D eigenvalue weighted by atomic mass is 32.1. The molecule has 0 radical (unpaired) electrons. The maximum Gasteiger partial charge on any atom is 0.135 e. The Bertz CT molecular complexity index is 459. The maximum absolute atomic E-state index is 5.59. The van der Waals surface area contributed by atoms with Gasteiger partial charge in [0.05, 0.1) is 0 Å². The zero-order valence-corrected chi connectivity index (χ0v) is 10.3. The topological polar surface area (TPSA) is 51.8 Å². The summed E-state index contributed by atoms with van der Waals surface area (Å²) in [6.45, 7) is 4.38. The molecule has 2 aromatic rings. The Morgan fingerprint density at radius 2 is 2.19 bits per heavy atom. The van der Waals surface area contributed by atoms with Gasteiger partial charge in [0, 0.05) is 22.8 Å². The average Bonchev–Trinajstić information content (AvgIpc) is 2.65. The van der Waals surface area contributed by atoms with Crippen LogP contribution in [0.25, 0.3) is 10.6 Å². The van der Waals surface area contributed by atoms with Crippen LogP contribution >= 0.6 is 11.3 Å². The number of hydrogen-bond acceptors (Lipinski definition) is 4. The number of nitrogens with zero attached hydrogens (tertiary/aromatic N) is 2. The molecule has 84 valence electrons. The minimum Gasteiger partial charge on any atom is -0.383 e. The molecule has 0 aliphatic heterocycles. The second-order valence-corrected chi connectivity index (χ2v) is 5.07. The molecule has 2 aromatic heterocycles. The molecule has 0 spiro atoms. The summed E-state index contributed by atoms with van der Waals surface area (Å²) in [5, 5.41) is 2.78. The van der Waals surface area contributed by atoms with Gasteiger partial charge in [-0.25, -0.2) is 4.98 Å². The summed E-state index contributed by atoms with van der Waals surface area (Å²) >= 11 is 1.55. The molecule has 0 unspecified atom stereocenters. The van der Waals surface area contributed by atoms with E-state index in [1.54, 1.807) is 11.3 Å². The quantitative estimate of drug-likeness (QED) is 0.886. The fourth-order valence-electron chi connectivity index (χ4n) is 1.51. The van der Waals surface area contributed by atoms with Crippen molar-refractivity contribution in [3.8, 4) is 10.6 Å².